The fraction of sp³-hybridized carbons (Fsp3) is 0.303. The highest BCUT2D eigenvalue weighted by Gasteiger charge is 2.30. The number of hydrogen-bond donors (Lipinski definition) is 0. The van der Waals surface area contributed by atoms with Crippen molar-refractivity contribution in [2.75, 3.05) is 39.5 Å². The van der Waals surface area contributed by atoms with Crippen molar-refractivity contribution in [3.8, 4) is 23.3 Å². The van der Waals surface area contributed by atoms with Gasteiger partial charge in [-0.2, -0.15) is 13.2 Å². The van der Waals surface area contributed by atoms with E-state index >= 15 is 0 Å². The molecule has 0 spiro atoms. The predicted molar refractivity (Wildman–Crippen MR) is 153 cm³/mol. The minimum Gasteiger partial charge on any atom is -0.489 e. The average molecular weight is 580 g/mol. The number of rotatable bonds is 9. The Kier molecular flexibility index (Phi) is 10.7. The van der Waals surface area contributed by atoms with Crippen molar-refractivity contribution in [1.82, 2.24) is 4.90 Å². The topological polar surface area (TPSA) is 57.2 Å². The lowest BCUT2D eigenvalue weighted by atomic mass is 9.96. The Morgan fingerprint density at radius 2 is 1.67 bits per heavy atom. The summed E-state index contributed by atoms with van der Waals surface area (Å²) in [4.78, 5) is 23.4. The van der Waals surface area contributed by atoms with E-state index in [9.17, 15) is 18.0 Å². The highest BCUT2D eigenvalue weighted by atomic mass is 19.4. The van der Waals surface area contributed by atoms with E-state index in [1.54, 1.807) is 32.0 Å². The highest BCUT2D eigenvalue weighted by Crippen LogP contribution is 2.32. The molecule has 0 atom stereocenters. The van der Waals surface area contributed by atoms with Gasteiger partial charge in [0.25, 0.3) is 0 Å². The molecule has 1 heterocycles. The number of nitrogens with zero attached hydrogens (tertiary/aromatic N) is 1. The van der Waals surface area contributed by atoms with Crippen LogP contribution in [0.5, 0.6) is 11.5 Å². The minimum absolute atomic E-state index is 0.155. The molecule has 3 aromatic rings. The smallest absolute Gasteiger partial charge is 0.416 e. The maximum atomic E-state index is 13.2. The Balaban J connectivity index is 1.50. The van der Waals surface area contributed by atoms with Crippen LogP contribution in [0.15, 0.2) is 72.8 Å². The molecule has 9 heteroatoms. The van der Waals surface area contributed by atoms with Gasteiger partial charge < -0.3 is 9.47 Å². The quantitative estimate of drug-likeness (QED) is 0.165. The number of alkyl halides is 3. The first-order valence-electron chi connectivity index (χ1n) is 13.6. The number of hydrogen-bond acceptors (Lipinski definition) is 6. The number of carbonyl (C=O) groups is 1. The van der Waals surface area contributed by atoms with Crippen LogP contribution in [0.25, 0.3) is 5.57 Å². The first-order valence-corrected chi connectivity index (χ1v) is 13.6. The third kappa shape index (κ3) is 8.87. The van der Waals surface area contributed by atoms with E-state index in [1.165, 1.54) is 12.1 Å². The zero-order valence-electron chi connectivity index (χ0n) is 23.5. The third-order valence-corrected chi connectivity index (χ3v) is 6.56. The second kappa shape index (κ2) is 14.6. The van der Waals surface area contributed by atoms with Crippen molar-refractivity contribution in [3.63, 3.8) is 0 Å². The van der Waals surface area contributed by atoms with Gasteiger partial charge in [-0.3, -0.25) is 14.7 Å². The maximum absolute atomic E-state index is 13.2. The summed E-state index contributed by atoms with van der Waals surface area (Å²) in [5.41, 5.74) is 2.99. The lowest BCUT2D eigenvalue weighted by Crippen LogP contribution is -2.36. The lowest BCUT2D eigenvalue weighted by Gasteiger charge is -2.24. The second-order valence-electron chi connectivity index (χ2n) is 9.59. The molecule has 42 heavy (non-hydrogen) atoms. The molecular formula is C33H32F3NO5. The largest absolute Gasteiger partial charge is 0.489 e. The van der Waals surface area contributed by atoms with Crippen LogP contribution >= 0.6 is 0 Å². The Bertz CT molecular complexity index is 1430. The first kappa shape index (κ1) is 30.7. The summed E-state index contributed by atoms with van der Waals surface area (Å²) in [6.07, 6.45) is -2.40. The summed E-state index contributed by atoms with van der Waals surface area (Å²) in [6.45, 7) is 7.43. The third-order valence-electron chi connectivity index (χ3n) is 6.56. The first-order chi connectivity index (χ1) is 20.2. The molecule has 220 valence electrons. The van der Waals surface area contributed by atoms with Crippen LogP contribution < -0.4 is 9.62 Å². The normalized spacial score (nSPS) is 14.1. The van der Waals surface area contributed by atoms with E-state index in [1.807, 2.05) is 30.3 Å². The summed E-state index contributed by atoms with van der Waals surface area (Å²) < 4.78 is 50.8. The molecule has 0 bridgehead atoms. The average Bonchev–Trinajstić information content (AvgIpc) is 2.99. The fourth-order valence-electron chi connectivity index (χ4n) is 4.16. The van der Waals surface area contributed by atoms with Crippen LogP contribution in [0.3, 0.4) is 0 Å². The minimum atomic E-state index is -4.42. The standard InChI is InChI=1S/C33H32F3NO5/c1-3-32(38)42-41-31-15-14-29(23-24(31)2)40-20-16-30(27-10-12-28(13-11-27)33(34,35)36)26-8-6-25(7-9-26)5-4-17-37-18-21-39-22-19-37/h6-16,23H,3,17-22H2,1-2H3/b30-16+. The monoisotopic (exact) mass is 579 g/mol. The zero-order valence-corrected chi connectivity index (χ0v) is 23.5. The van der Waals surface area contributed by atoms with E-state index in [0.29, 0.717) is 42.4 Å². The summed E-state index contributed by atoms with van der Waals surface area (Å²) in [7, 11) is 0. The predicted octanol–water partition coefficient (Wildman–Crippen LogP) is 6.46. The highest BCUT2D eigenvalue weighted by molar-refractivity contribution is 5.80. The lowest BCUT2D eigenvalue weighted by molar-refractivity contribution is -0.213. The number of aryl methyl sites for hydroxylation is 1. The Morgan fingerprint density at radius 1 is 1.00 bits per heavy atom. The molecule has 0 radical (unpaired) electrons. The molecule has 0 unspecified atom stereocenters. The molecular weight excluding hydrogens is 547 g/mol. The molecule has 0 aromatic heterocycles. The summed E-state index contributed by atoms with van der Waals surface area (Å²) in [5, 5.41) is 0. The van der Waals surface area contributed by atoms with Gasteiger partial charge in [0.05, 0.1) is 25.3 Å². The molecule has 4 rings (SSSR count). The van der Waals surface area contributed by atoms with Gasteiger partial charge in [0.15, 0.2) is 5.75 Å². The van der Waals surface area contributed by atoms with Gasteiger partial charge in [0.1, 0.15) is 12.4 Å². The van der Waals surface area contributed by atoms with Crippen molar-refractivity contribution in [2.24, 2.45) is 0 Å². The number of morpholine rings is 1. The Morgan fingerprint density at radius 3 is 2.29 bits per heavy atom. The molecule has 0 saturated carbocycles. The van der Waals surface area contributed by atoms with Crippen LogP contribution in [-0.4, -0.2) is 50.3 Å². The van der Waals surface area contributed by atoms with Crippen molar-refractivity contribution in [1.29, 1.82) is 0 Å². The molecule has 0 N–H and O–H groups in total. The molecule has 6 nitrogen and oxygen atoms in total. The molecule has 1 aliphatic rings. The molecule has 1 aliphatic heterocycles. The van der Waals surface area contributed by atoms with Crippen LogP contribution in [-0.2, 0) is 20.6 Å². The van der Waals surface area contributed by atoms with Crippen molar-refractivity contribution in [2.45, 2.75) is 26.4 Å². The molecule has 1 saturated heterocycles. The van der Waals surface area contributed by atoms with E-state index in [0.717, 1.165) is 41.9 Å². The number of halogens is 3. The van der Waals surface area contributed by atoms with Gasteiger partial charge in [-0.25, -0.2) is 4.79 Å². The van der Waals surface area contributed by atoms with E-state index in [4.69, 9.17) is 19.2 Å². The summed E-state index contributed by atoms with van der Waals surface area (Å²) >= 11 is 0. The zero-order chi connectivity index (χ0) is 30.0. The van der Waals surface area contributed by atoms with Crippen LogP contribution in [0.1, 0.15) is 41.2 Å². The summed E-state index contributed by atoms with van der Waals surface area (Å²) in [5.74, 6) is 6.83. The van der Waals surface area contributed by atoms with E-state index < -0.39 is 17.7 Å². The molecule has 3 aromatic carbocycles. The summed E-state index contributed by atoms with van der Waals surface area (Å²) in [6, 6.07) is 17.7. The molecule has 0 aliphatic carbocycles. The number of benzene rings is 3. The SMILES string of the molecule is CCC(=O)OOc1ccc(OC/C=C(\c2ccc(C#CCN3CCOCC3)cc2)c2ccc(C(F)(F)F)cc2)cc1C. The van der Waals surface area contributed by atoms with Gasteiger partial charge in [-0.1, -0.05) is 43.0 Å². The number of carbonyl (C=O) groups excluding carboxylic acids is 1. The van der Waals surface area contributed by atoms with Gasteiger partial charge in [-0.15, -0.1) is 0 Å². The van der Waals surface area contributed by atoms with Crippen LogP contribution in [0.2, 0.25) is 0 Å². The van der Waals surface area contributed by atoms with Crippen LogP contribution in [0.4, 0.5) is 13.2 Å². The van der Waals surface area contributed by atoms with E-state index in [-0.39, 0.29) is 13.0 Å². The van der Waals surface area contributed by atoms with E-state index in [2.05, 4.69) is 16.7 Å². The van der Waals surface area contributed by atoms with Crippen molar-refractivity contribution < 1.29 is 37.2 Å². The van der Waals surface area contributed by atoms with Gasteiger partial charge in [0.2, 0.25) is 0 Å². The Hall–Kier alpha value is -4.26. The Labute approximate surface area is 243 Å². The van der Waals surface area contributed by atoms with Gasteiger partial charge in [0, 0.05) is 30.6 Å². The van der Waals surface area contributed by atoms with Crippen molar-refractivity contribution in [3.05, 3.63) is 101 Å². The van der Waals surface area contributed by atoms with Crippen molar-refractivity contribution >= 4 is 11.5 Å². The number of ether oxygens (including phenoxy) is 2. The van der Waals surface area contributed by atoms with Gasteiger partial charge in [-0.05, 0) is 72.2 Å². The van der Waals surface area contributed by atoms with Gasteiger partial charge >= 0.3 is 12.1 Å². The maximum Gasteiger partial charge on any atom is 0.416 e. The fourth-order valence-corrected chi connectivity index (χ4v) is 4.16. The molecule has 0 amide bonds. The second-order valence-corrected chi connectivity index (χ2v) is 9.59. The van der Waals surface area contributed by atoms with Crippen LogP contribution in [0, 0.1) is 18.8 Å². The molecule has 1 fully saturated rings.